The zero-order chi connectivity index (χ0) is 20.1. The largest absolute Gasteiger partial charge is 0.493 e. The van der Waals surface area contributed by atoms with Crippen LogP contribution in [0.5, 0.6) is 17.2 Å². The number of amides is 1. The van der Waals surface area contributed by atoms with E-state index in [0.29, 0.717) is 22.3 Å². The first-order valence-corrected chi connectivity index (χ1v) is 9.53. The molecule has 0 aromatic heterocycles. The highest BCUT2D eigenvalue weighted by Gasteiger charge is 2.26. The Hall–Kier alpha value is -2.47. The fraction of sp³-hybridized carbons (Fsp3) is 0.381. The van der Waals surface area contributed by atoms with E-state index in [-0.39, 0.29) is 17.7 Å². The molecule has 0 aliphatic heterocycles. The molecule has 7 heteroatoms. The number of carbonyl (C=O) groups excluding carboxylic acids is 1. The lowest BCUT2D eigenvalue weighted by atomic mass is 9.92. The van der Waals surface area contributed by atoms with Crippen LogP contribution in [-0.4, -0.2) is 32.3 Å². The fourth-order valence-electron chi connectivity index (χ4n) is 3.39. The number of benzene rings is 2. The van der Waals surface area contributed by atoms with E-state index in [0.717, 1.165) is 25.7 Å². The Labute approximate surface area is 168 Å². The molecular weight excluding hydrogens is 385 g/mol. The van der Waals surface area contributed by atoms with Gasteiger partial charge in [0, 0.05) is 11.1 Å². The summed E-state index contributed by atoms with van der Waals surface area (Å²) in [7, 11) is 3.16. The number of halogens is 2. The van der Waals surface area contributed by atoms with E-state index >= 15 is 0 Å². The summed E-state index contributed by atoms with van der Waals surface area (Å²) in [6.45, 7) is 0. The molecule has 0 atom stereocenters. The molecule has 0 unspecified atom stereocenters. The Kier molecular flexibility index (Phi) is 6.62. The van der Waals surface area contributed by atoms with E-state index in [9.17, 15) is 9.18 Å². The molecule has 5 nitrogen and oxygen atoms in total. The monoisotopic (exact) mass is 407 g/mol. The number of hydrogen-bond donors (Lipinski definition) is 1. The van der Waals surface area contributed by atoms with Crippen LogP contribution in [0.2, 0.25) is 5.02 Å². The summed E-state index contributed by atoms with van der Waals surface area (Å²) in [4.78, 5) is 12.3. The first kappa shape index (κ1) is 20.3. The predicted octanol–water partition coefficient (Wildman–Crippen LogP) is 4.62. The number of hydrogen-bond acceptors (Lipinski definition) is 4. The van der Waals surface area contributed by atoms with E-state index in [1.165, 1.54) is 18.2 Å². The number of nitrogens with one attached hydrogen (secondary N) is 1. The Balaban J connectivity index is 1.56. The van der Waals surface area contributed by atoms with Gasteiger partial charge in [-0.2, -0.15) is 0 Å². The highest BCUT2D eigenvalue weighted by atomic mass is 35.5. The molecule has 28 heavy (non-hydrogen) atoms. The zero-order valence-electron chi connectivity index (χ0n) is 15.8. The van der Waals surface area contributed by atoms with Crippen LogP contribution in [0.1, 0.15) is 36.0 Å². The van der Waals surface area contributed by atoms with Crippen molar-refractivity contribution in [2.75, 3.05) is 14.2 Å². The number of rotatable bonds is 6. The molecule has 1 amide bonds. The van der Waals surface area contributed by atoms with E-state index in [2.05, 4.69) is 5.32 Å². The lowest BCUT2D eigenvalue weighted by Crippen LogP contribution is -2.40. The van der Waals surface area contributed by atoms with Gasteiger partial charge in [-0.1, -0.05) is 17.7 Å². The van der Waals surface area contributed by atoms with Crippen LogP contribution in [0.15, 0.2) is 36.4 Å². The molecule has 0 saturated heterocycles. The fourth-order valence-corrected chi connectivity index (χ4v) is 3.56. The Morgan fingerprint density at radius 1 is 1.07 bits per heavy atom. The Morgan fingerprint density at radius 3 is 2.46 bits per heavy atom. The van der Waals surface area contributed by atoms with Crippen molar-refractivity contribution in [3.05, 3.63) is 52.8 Å². The summed E-state index contributed by atoms with van der Waals surface area (Å²) < 4.78 is 30.6. The van der Waals surface area contributed by atoms with Gasteiger partial charge in [0.25, 0.3) is 5.91 Å². The summed E-state index contributed by atoms with van der Waals surface area (Å²) >= 11 is 5.86. The summed E-state index contributed by atoms with van der Waals surface area (Å²) in [5.41, 5.74) is -0.0352. The van der Waals surface area contributed by atoms with Crippen molar-refractivity contribution in [3.63, 3.8) is 0 Å². The smallest absolute Gasteiger partial charge is 0.254 e. The number of ether oxygens (including phenoxy) is 3. The third-order valence-electron chi connectivity index (χ3n) is 4.84. The third kappa shape index (κ3) is 4.68. The molecule has 2 aromatic rings. The Bertz CT molecular complexity index is 837. The molecule has 1 saturated carbocycles. The molecule has 150 valence electrons. The average molecular weight is 408 g/mol. The van der Waals surface area contributed by atoms with Crippen molar-refractivity contribution >= 4 is 17.5 Å². The summed E-state index contributed by atoms with van der Waals surface area (Å²) in [6, 6.07) is 9.44. The van der Waals surface area contributed by atoms with Crippen molar-refractivity contribution in [2.45, 2.75) is 37.8 Å². The SMILES string of the molecule is COc1cccc(OC2CCC(NC(=O)c3cc(Cl)ccc3F)CC2)c1OC. The number of carbonyl (C=O) groups is 1. The van der Waals surface area contributed by atoms with Gasteiger partial charge < -0.3 is 19.5 Å². The van der Waals surface area contributed by atoms with Gasteiger partial charge in [-0.05, 0) is 56.0 Å². The van der Waals surface area contributed by atoms with Crippen LogP contribution in [0.4, 0.5) is 4.39 Å². The highest BCUT2D eigenvalue weighted by Crippen LogP contribution is 2.38. The second-order valence-corrected chi connectivity index (χ2v) is 7.12. The first-order chi connectivity index (χ1) is 13.5. The quantitative estimate of drug-likeness (QED) is 0.759. The minimum absolute atomic E-state index is 0.0112. The van der Waals surface area contributed by atoms with Crippen LogP contribution >= 0.6 is 11.6 Å². The summed E-state index contributed by atoms with van der Waals surface area (Å²) in [5.74, 6) is 0.791. The molecule has 1 aliphatic rings. The lowest BCUT2D eigenvalue weighted by Gasteiger charge is -2.30. The molecular formula is C21H23ClFNO4. The lowest BCUT2D eigenvalue weighted by molar-refractivity contribution is 0.0887. The second-order valence-electron chi connectivity index (χ2n) is 6.68. The molecule has 0 bridgehead atoms. The van der Waals surface area contributed by atoms with Gasteiger partial charge in [0.05, 0.1) is 25.9 Å². The van der Waals surface area contributed by atoms with Gasteiger partial charge >= 0.3 is 0 Å². The van der Waals surface area contributed by atoms with Gasteiger partial charge in [0.2, 0.25) is 5.75 Å². The van der Waals surface area contributed by atoms with Crippen molar-refractivity contribution in [3.8, 4) is 17.2 Å². The van der Waals surface area contributed by atoms with Gasteiger partial charge in [0.1, 0.15) is 5.82 Å². The molecule has 2 aromatic carbocycles. The van der Waals surface area contributed by atoms with Crippen LogP contribution in [0, 0.1) is 5.82 Å². The average Bonchev–Trinajstić information content (AvgIpc) is 2.71. The Morgan fingerprint density at radius 2 is 1.79 bits per heavy atom. The molecule has 0 spiro atoms. The molecule has 3 rings (SSSR count). The van der Waals surface area contributed by atoms with Crippen molar-refractivity contribution in [2.24, 2.45) is 0 Å². The maximum absolute atomic E-state index is 13.9. The molecule has 1 aliphatic carbocycles. The van der Waals surface area contributed by atoms with Crippen molar-refractivity contribution < 1.29 is 23.4 Å². The topological polar surface area (TPSA) is 56.8 Å². The van der Waals surface area contributed by atoms with Crippen LogP contribution < -0.4 is 19.5 Å². The number of para-hydroxylation sites is 1. The molecule has 1 fully saturated rings. The third-order valence-corrected chi connectivity index (χ3v) is 5.08. The van der Waals surface area contributed by atoms with Gasteiger partial charge in [0.15, 0.2) is 11.5 Å². The minimum atomic E-state index is -0.580. The van der Waals surface area contributed by atoms with Gasteiger partial charge in [-0.15, -0.1) is 0 Å². The molecule has 0 radical (unpaired) electrons. The number of methoxy groups -OCH3 is 2. The summed E-state index contributed by atoms with van der Waals surface area (Å²) in [6.07, 6.45) is 3.03. The standard InChI is InChI=1S/C21H23ClFNO4/c1-26-18-4-3-5-19(20(18)27-2)28-15-9-7-14(8-10-15)24-21(25)16-12-13(22)6-11-17(16)23/h3-6,11-12,14-15H,7-10H2,1-2H3,(H,24,25). The summed E-state index contributed by atoms with van der Waals surface area (Å²) in [5, 5.41) is 3.22. The van der Waals surface area contributed by atoms with Crippen LogP contribution in [0.3, 0.4) is 0 Å². The second kappa shape index (κ2) is 9.15. The minimum Gasteiger partial charge on any atom is -0.493 e. The molecule has 1 N–H and O–H groups in total. The predicted molar refractivity (Wildman–Crippen MR) is 105 cm³/mol. The molecule has 0 heterocycles. The van der Waals surface area contributed by atoms with Crippen LogP contribution in [-0.2, 0) is 0 Å². The van der Waals surface area contributed by atoms with E-state index in [1.807, 2.05) is 18.2 Å². The zero-order valence-corrected chi connectivity index (χ0v) is 16.6. The normalized spacial score (nSPS) is 19.0. The van der Waals surface area contributed by atoms with Gasteiger partial charge in [-0.3, -0.25) is 4.79 Å². The van der Waals surface area contributed by atoms with Crippen molar-refractivity contribution in [1.29, 1.82) is 0 Å². The van der Waals surface area contributed by atoms with E-state index in [1.54, 1.807) is 14.2 Å². The highest BCUT2D eigenvalue weighted by molar-refractivity contribution is 6.31. The van der Waals surface area contributed by atoms with Crippen molar-refractivity contribution in [1.82, 2.24) is 5.32 Å². The maximum atomic E-state index is 13.9. The van der Waals surface area contributed by atoms with E-state index in [4.69, 9.17) is 25.8 Å². The first-order valence-electron chi connectivity index (χ1n) is 9.15. The van der Waals surface area contributed by atoms with Gasteiger partial charge in [-0.25, -0.2) is 4.39 Å². The maximum Gasteiger partial charge on any atom is 0.254 e. The van der Waals surface area contributed by atoms with Crippen LogP contribution in [0.25, 0.3) is 0 Å². The van der Waals surface area contributed by atoms with E-state index < -0.39 is 11.7 Å².